The molecule has 0 saturated heterocycles. The van der Waals surface area contributed by atoms with Crippen LogP contribution in [-0.2, 0) is 27.2 Å². The maximum atomic E-state index is 12.6. The molecule has 1 heterocycles. The largest absolute Gasteiger partial charge is 0.481 e. The number of aromatic nitrogens is 2. The summed E-state index contributed by atoms with van der Waals surface area (Å²) >= 11 is 6.42. The van der Waals surface area contributed by atoms with Crippen molar-refractivity contribution in [1.82, 2.24) is 15.3 Å². The summed E-state index contributed by atoms with van der Waals surface area (Å²) in [5.74, 6) is -0.763. The van der Waals surface area contributed by atoms with Crippen LogP contribution in [-0.4, -0.2) is 52.5 Å². The highest BCUT2D eigenvalue weighted by Gasteiger charge is 2.22. The molecule has 10 heteroatoms. The van der Waals surface area contributed by atoms with Gasteiger partial charge in [-0.2, -0.15) is 0 Å². The Morgan fingerprint density at radius 1 is 1.05 bits per heavy atom. The van der Waals surface area contributed by atoms with E-state index < -0.39 is 5.97 Å². The van der Waals surface area contributed by atoms with Gasteiger partial charge in [0.05, 0.1) is 13.0 Å². The smallest absolute Gasteiger partial charge is 0.308 e. The molecule has 3 aromatic rings. The lowest BCUT2D eigenvalue weighted by Crippen LogP contribution is -2.40. The fraction of sp³-hybridized carbons (Fsp3) is 0.300. The lowest BCUT2D eigenvalue weighted by Gasteiger charge is -2.22. The second kappa shape index (κ2) is 13.7. The molecule has 0 radical (unpaired) electrons. The van der Waals surface area contributed by atoms with E-state index in [1.54, 1.807) is 30.2 Å². The number of hydrogen-bond donors (Lipinski definition) is 3. The summed E-state index contributed by atoms with van der Waals surface area (Å²) in [5.41, 5.74) is 2.69. The molecule has 1 aliphatic rings. The number of carbonyl (C=O) groups is 3. The Labute approximate surface area is 238 Å². The van der Waals surface area contributed by atoms with Crippen LogP contribution in [0.5, 0.6) is 0 Å². The van der Waals surface area contributed by atoms with Gasteiger partial charge in [-0.1, -0.05) is 66.9 Å². The Bertz CT molecular complexity index is 1370. The molecule has 0 spiro atoms. The van der Waals surface area contributed by atoms with E-state index in [-0.39, 0.29) is 41.5 Å². The van der Waals surface area contributed by atoms with Crippen LogP contribution >= 0.6 is 11.6 Å². The van der Waals surface area contributed by atoms with Gasteiger partial charge < -0.3 is 20.6 Å². The van der Waals surface area contributed by atoms with Gasteiger partial charge in [0.1, 0.15) is 16.8 Å². The lowest BCUT2D eigenvalue weighted by molar-refractivity contribution is -0.136. The molecule has 3 N–H and O–H groups in total. The maximum absolute atomic E-state index is 12.6. The number of halogens is 1. The third kappa shape index (κ3) is 8.38. The Hall–Kier alpha value is -4.24. The number of benzene rings is 2. The van der Waals surface area contributed by atoms with Gasteiger partial charge in [-0.3, -0.25) is 14.4 Å². The Morgan fingerprint density at radius 2 is 1.75 bits per heavy atom. The predicted molar refractivity (Wildman–Crippen MR) is 155 cm³/mol. The zero-order chi connectivity index (χ0) is 28.5. The molecule has 0 aliphatic heterocycles. The van der Waals surface area contributed by atoms with E-state index >= 15 is 0 Å². The molecular formula is C30H32ClN5O4. The molecule has 2 aromatic carbocycles. The molecule has 1 saturated carbocycles. The average molecular weight is 562 g/mol. The van der Waals surface area contributed by atoms with E-state index in [0.717, 1.165) is 36.8 Å². The van der Waals surface area contributed by atoms with Crippen LogP contribution in [0.3, 0.4) is 0 Å². The van der Waals surface area contributed by atoms with Crippen LogP contribution in [0.25, 0.3) is 6.08 Å². The second-order valence-corrected chi connectivity index (χ2v) is 10.2. The normalized spacial score (nSPS) is 13.3. The molecular weight excluding hydrogens is 530 g/mol. The van der Waals surface area contributed by atoms with E-state index in [1.165, 1.54) is 6.08 Å². The number of likely N-dealkylation sites (N-methyl/N-ethyl adjacent to an activating group) is 1. The number of nitrogens with one attached hydrogen (secondary N) is 2. The predicted octanol–water partition coefficient (Wildman–Crippen LogP) is 4.49. The van der Waals surface area contributed by atoms with Crippen molar-refractivity contribution in [3.05, 3.63) is 88.3 Å². The van der Waals surface area contributed by atoms with Crippen molar-refractivity contribution in [3.63, 3.8) is 0 Å². The Kier molecular flexibility index (Phi) is 9.86. The topological polar surface area (TPSA) is 125 Å². The van der Waals surface area contributed by atoms with Gasteiger partial charge in [-0.05, 0) is 42.2 Å². The van der Waals surface area contributed by atoms with Gasteiger partial charge in [-0.15, -0.1) is 0 Å². The summed E-state index contributed by atoms with van der Waals surface area (Å²) in [7, 11) is 1.69. The van der Waals surface area contributed by atoms with Crippen molar-refractivity contribution in [3.8, 4) is 0 Å². The summed E-state index contributed by atoms with van der Waals surface area (Å²) in [6.45, 7) is 0.0169. The first kappa shape index (κ1) is 28.8. The number of nitrogens with zero attached hydrogens (tertiary/aromatic N) is 3. The molecule has 0 unspecified atom stereocenters. The van der Waals surface area contributed by atoms with Gasteiger partial charge in [0.25, 0.3) is 0 Å². The number of carboxylic acid groups (broad SMARTS) is 1. The minimum Gasteiger partial charge on any atom is -0.481 e. The molecule has 1 aromatic heterocycles. The van der Waals surface area contributed by atoms with Crippen molar-refractivity contribution in [2.24, 2.45) is 0 Å². The number of anilines is 2. The minimum absolute atomic E-state index is 0.0169. The summed E-state index contributed by atoms with van der Waals surface area (Å²) in [4.78, 5) is 46.9. The van der Waals surface area contributed by atoms with Crippen molar-refractivity contribution in [2.75, 3.05) is 23.8 Å². The first-order chi connectivity index (χ1) is 19.3. The van der Waals surface area contributed by atoms with Crippen molar-refractivity contribution in [2.45, 2.75) is 44.6 Å². The summed E-state index contributed by atoms with van der Waals surface area (Å²) in [6.07, 6.45) is 7.32. The van der Waals surface area contributed by atoms with Gasteiger partial charge in [0.15, 0.2) is 0 Å². The number of aliphatic carboxylic acids is 1. The first-order valence-electron chi connectivity index (χ1n) is 13.2. The molecule has 2 amide bonds. The van der Waals surface area contributed by atoms with Crippen molar-refractivity contribution < 1.29 is 19.5 Å². The van der Waals surface area contributed by atoms with Gasteiger partial charge in [-0.25, -0.2) is 9.97 Å². The molecule has 0 atom stereocenters. The number of amides is 2. The summed E-state index contributed by atoms with van der Waals surface area (Å²) < 4.78 is 0. The molecule has 40 heavy (non-hydrogen) atoms. The molecule has 9 nitrogen and oxygen atoms in total. The molecule has 208 valence electrons. The van der Waals surface area contributed by atoms with E-state index in [2.05, 4.69) is 20.6 Å². The molecule has 4 rings (SSSR count). The first-order valence-corrected chi connectivity index (χ1v) is 13.6. The quantitative estimate of drug-likeness (QED) is 0.233. The average Bonchev–Trinajstić information content (AvgIpc) is 3.43. The summed E-state index contributed by atoms with van der Waals surface area (Å²) in [5, 5.41) is 15.3. The number of carbonyl (C=O) groups excluding carboxylic acids is 2. The SMILES string of the molecule is CN(CC(=O)NC1CCCC1)c1nc(Cc2ccc(NC(=O)C=Cc3ccccc3)cc2)nc(Cl)c1CC(=O)O. The number of carboxylic acids is 1. The fourth-order valence-corrected chi connectivity index (χ4v) is 4.88. The second-order valence-electron chi connectivity index (χ2n) is 9.82. The molecule has 1 fully saturated rings. The van der Waals surface area contributed by atoms with E-state index in [4.69, 9.17) is 11.6 Å². The lowest BCUT2D eigenvalue weighted by atomic mass is 10.1. The maximum Gasteiger partial charge on any atom is 0.308 e. The van der Waals surface area contributed by atoms with Crippen LogP contribution in [0.1, 0.15) is 48.2 Å². The fourth-order valence-electron chi connectivity index (χ4n) is 4.63. The van der Waals surface area contributed by atoms with Crippen molar-refractivity contribution >= 4 is 47.0 Å². The van der Waals surface area contributed by atoms with Crippen LogP contribution in [0.4, 0.5) is 11.5 Å². The molecule has 1 aliphatic carbocycles. The zero-order valence-electron chi connectivity index (χ0n) is 22.3. The van der Waals surface area contributed by atoms with Crippen molar-refractivity contribution in [1.29, 1.82) is 0 Å². The standard InChI is InChI=1S/C30H32ClN5O4/c1-36(19-27(38)33-22-9-5-6-10-22)30-24(18-28(39)40)29(31)34-25(35-30)17-21-11-14-23(15-12-21)32-26(37)16-13-20-7-3-2-4-8-20/h2-4,7-8,11-16,22H,5-6,9-10,17-19H2,1H3,(H,32,37)(H,33,38)(H,39,40). The van der Waals surface area contributed by atoms with Crippen LogP contribution in [0.15, 0.2) is 60.7 Å². The molecule has 0 bridgehead atoms. The summed E-state index contributed by atoms with van der Waals surface area (Å²) in [6, 6.07) is 17.0. The minimum atomic E-state index is -1.07. The van der Waals surface area contributed by atoms with Crippen LogP contribution < -0.4 is 15.5 Å². The van der Waals surface area contributed by atoms with Crippen LogP contribution in [0.2, 0.25) is 5.15 Å². The van der Waals surface area contributed by atoms with Crippen LogP contribution in [0, 0.1) is 0 Å². The number of rotatable bonds is 11. The van der Waals surface area contributed by atoms with Gasteiger partial charge in [0.2, 0.25) is 11.8 Å². The van der Waals surface area contributed by atoms with Gasteiger partial charge in [0, 0.05) is 36.8 Å². The highest BCUT2D eigenvalue weighted by molar-refractivity contribution is 6.30. The Balaban J connectivity index is 1.44. The highest BCUT2D eigenvalue weighted by atomic mass is 35.5. The number of hydrogen-bond acceptors (Lipinski definition) is 6. The zero-order valence-corrected chi connectivity index (χ0v) is 23.0. The monoisotopic (exact) mass is 561 g/mol. The van der Waals surface area contributed by atoms with E-state index in [1.807, 2.05) is 42.5 Å². The van der Waals surface area contributed by atoms with E-state index in [0.29, 0.717) is 23.8 Å². The highest BCUT2D eigenvalue weighted by Crippen LogP contribution is 2.26. The van der Waals surface area contributed by atoms with E-state index in [9.17, 15) is 19.5 Å². The van der Waals surface area contributed by atoms with Gasteiger partial charge >= 0.3 is 5.97 Å². The third-order valence-corrected chi connectivity index (χ3v) is 6.89. The third-order valence-electron chi connectivity index (χ3n) is 6.58. The Morgan fingerprint density at radius 3 is 2.42 bits per heavy atom.